The van der Waals surface area contributed by atoms with E-state index in [2.05, 4.69) is 37.8 Å². The summed E-state index contributed by atoms with van der Waals surface area (Å²) >= 11 is 0. The van der Waals surface area contributed by atoms with Crippen molar-refractivity contribution in [3.05, 3.63) is 35.4 Å². The second-order valence-corrected chi connectivity index (χ2v) is 5.94. The lowest BCUT2D eigenvalue weighted by Crippen LogP contribution is -2.47. The van der Waals surface area contributed by atoms with Crippen molar-refractivity contribution >= 4 is 0 Å². The Bertz CT molecular complexity index is 419. The molecule has 0 aromatic heterocycles. The molecule has 2 rings (SSSR count). The van der Waals surface area contributed by atoms with E-state index in [1.54, 1.807) is 0 Å². The van der Waals surface area contributed by atoms with Gasteiger partial charge in [-0.15, -0.1) is 0 Å². The minimum Gasteiger partial charge on any atom is -0.386 e. The summed E-state index contributed by atoms with van der Waals surface area (Å²) in [5.74, 6) is 0. The number of benzene rings is 1. The van der Waals surface area contributed by atoms with E-state index in [0.29, 0.717) is 12.6 Å². The molecule has 0 spiro atoms. The van der Waals surface area contributed by atoms with Crippen molar-refractivity contribution in [1.82, 2.24) is 4.90 Å². The summed E-state index contributed by atoms with van der Waals surface area (Å²) in [6, 6.07) is 8.78. The topological polar surface area (TPSA) is 32.7 Å². The van der Waals surface area contributed by atoms with E-state index < -0.39 is 6.10 Å². The van der Waals surface area contributed by atoms with Crippen LogP contribution in [0.4, 0.5) is 0 Å². The van der Waals surface area contributed by atoms with Gasteiger partial charge in [0.25, 0.3) is 0 Å². The van der Waals surface area contributed by atoms with Gasteiger partial charge < -0.3 is 9.84 Å². The molecule has 1 aromatic carbocycles. The van der Waals surface area contributed by atoms with Gasteiger partial charge in [-0.05, 0) is 31.4 Å². The molecule has 2 unspecified atom stereocenters. The van der Waals surface area contributed by atoms with Crippen molar-refractivity contribution in [2.45, 2.75) is 51.9 Å². The summed E-state index contributed by atoms with van der Waals surface area (Å²) in [4.78, 5) is 2.37. The van der Waals surface area contributed by atoms with E-state index in [1.165, 1.54) is 5.56 Å². The number of hydrogen-bond acceptors (Lipinski definition) is 3. The third-order valence-electron chi connectivity index (χ3n) is 4.04. The normalized spacial score (nSPS) is 22.1. The molecule has 2 atom stereocenters. The maximum absolute atomic E-state index is 10.6. The Kier molecular flexibility index (Phi) is 5.58. The molecule has 0 amide bonds. The Hall–Kier alpha value is -0.900. The van der Waals surface area contributed by atoms with Crippen molar-refractivity contribution in [1.29, 1.82) is 0 Å². The Morgan fingerprint density at radius 2 is 2.20 bits per heavy atom. The van der Waals surface area contributed by atoms with E-state index in [9.17, 15) is 5.11 Å². The zero-order chi connectivity index (χ0) is 14.5. The Balaban J connectivity index is 2.06. The van der Waals surface area contributed by atoms with E-state index in [-0.39, 0.29) is 6.10 Å². The molecule has 20 heavy (non-hydrogen) atoms. The fourth-order valence-corrected chi connectivity index (χ4v) is 2.79. The molecule has 1 saturated heterocycles. The van der Waals surface area contributed by atoms with Crippen molar-refractivity contribution < 1.29 is 9.84 Å². The molecule has 0 aliphatic carbocycles. The first-order chi connectivity index (χ1) is 9.61. The monoisotopic (exact) mass is 277 g/mol. The molecule has 1 N–H and O–H groups in total. The number of aliphatic hydroxyl groups is 1. The number of aliphatic hydroxyl groups excluding tert-OH is 1. The van der Waals surface area contributed by atoms with Crippen LogP contribution in [0.1, 0.15) is 44.4 Å². The van der Waals surface area contributed by atoms with Gasteiger partial charge in [-0.25, -0.2) is 0 Å². The second-order valence-electron chi connectivity index (χ2n) is 5.94. The van der Waals surface area contributed by atoms with Gasteiger partial charge in [0.05, 0.1) is 6.61 Å². The van der Waals surface area contributed by atoms with E-state index in [1.807, 2.05) is 12.1 Å². The van der Waals surface area contributed by atoms with Gasteiger partial charge in [0.15, 0.2) is 0 Å². The molecule has 3 heteroatoms. The molecule has 1 aliphatic heterocycles. The molecular formula is C17H27NO2. The largest absolute Gasteiger partial charge is 0.386 e. The van der Waals surface area contributed by atoms with Crippen LogP contribution in [0, 0.1) is 0 Å². The second kappa shape index (κ2) is 7.21. The van der Waals surface area contributed by atoms with Crippen LogP contribution in [0.15, 0.2) is 24.3 Å². The molecule has 1 aliphatic rings. The minimum atomic E-state index is -0.534. The first-order valence-electron chi connectivity index (χ1n) is 7.74. The van der Waals surface area contributed by atoms with E-state index in [0.717, 1.165) is 31.5 Å². The molecule has 0 radical (unpaired) electrons. The van der Waals surface area contributed by atoms with Gasteiger partial charge in [0.2, 0.25) is 0 Å². The first kappa shape index (κ1) is 15.5. The highest BCUT2D eigenvalue weighted by Crippen LogP contribution is 2.24. The quantitative estimate of drug-likeness (QED) is 0.898. The Morgan fingerprint density at radius 1 is 1.40 bits per heavy atom. The van der Waals surface area contributed by atoms with Gasteiger partial charge in [-0.1, -0.05) is 37.6 Å². The average molecular weight is 277 g/mol. The summed E-state index contributed by atoms with van der Waals surface area (Å²) in [5, 5.41) is 10.6. The zero-order valence-electron chi connectivity index (χ0n) is 12.9. The fraction of sp³-hybridized carbons (Fsp3) is 0.647. The number of aryl methyl sites for hydroxylation is 1. The van der Waals surface area contributed by atoms with E-state index >= 15 is 0 Å². The molecule has 1 aromatic rings. The minimum absolute atomic E-state index is 0.122. The molecule has 1 fully saturated rings. The van der Waals surface area contributed by atoms with Crippen LogP contribution in [-0.4, -0.2) is 41.8 Å². The Morgan fingerprint density at radius 3 is 2.90 bits per heavy atom. The van der Waals surface area contributed by atoms with Crippen LogP contribution in [0.2, 0.25) is 0 Å². The average Bonchev–Trinajstić information content (AvgIpc) is 2.47. The van der Waals surface area contributed by atoms with Crippen LogP contribution in [0.5, 0.6) is 0 Å². The highest BCUT2D eigenvalue weighted by atomic mass is 16.5. The number of ether oxygens (including phenoxy) is 1. The number of rotatable bonds is 5. The summed E-state index contributed by atoms with van der Waals surface area (Å²) < 4.78 is 5.78. The molecule has 112 valence electrons. The van der Waals surface area contributed by atoms with Crippen molar-refractivity contribution in [2.24, 2.45) is 0 Å². The molecule has 3 nitrogen and oxygen atoms in total. The lowest BCUT2D eigenvalue weighted by molar-refractivity contribution is -0.0961. The summed E-state index contributed by atoms with van der Waals surface area (Å²) in [6.07, 6.45) is 1.53. The summed E-state index contributed by atoms with van der Waals surface area (Å²) in [5.41, 5.74) is 2.27. The predicted molar refractivity (Wildman–Crippen MR) is 81.8 cm³/mol. The molecule has 0 saturated carbocycles. The summed E-state index contributed by atoms with van der Waals surface area (Å²) in [7, 11) is 0. The lowest BCUT2D eigenvalue weighted by atomic mass is 9.99. The van der Waals surface area contributed by atoms with Crippen LogP contribution < -0.4 is 0 Å². The standard InChI is InChI=1S/C17H27NO2/c1-4-6-14-7-5-8-15(11-14)17(19)16-12-18(13(2)3)9-10-20-16/h5,7-8,11,13,16-17,19H,4,6,9-10,12H2,1-3H3. The number of nitrogens with zero attached hydrogens (tertiary/aromatic N) is 1. The lowest BCUT2D eigenvalue weighted by Gasteiger charge is -2.37. The molecular weight excluding hydrogens is 250 g/mol. The van der Waals surface area contributed by atoms with Gasteiger partial charge in [-0.2, -0.15) is 0 Å². The molecule has 0 bridgehead atoms. The van der Waals surface area contributed by atoms with Gasteiger partial charge in [-0.3, -0.25) is 4.90 Å². The fourth-order valence-electron chi connectivity index (χ4n) is 2.79. The van der Waals surface area contributed by atoms with Gasteiger partial charge in [0.1, 0.15) is 12.2 Å². The first-order valence-corrected chi connectivity index (χ1v) is 7.74. The maximum Gasteiger partial charge on any atom is 0.106 e. The highest BCUT2D eigenvalue weighted by Gasteiger charge is 2.28. The Labute approximate surface area is 122 Å². The third kappa shape index (κ3) is 3.81. The van der Waals surface area contributed by atoms with Crippen molar-refractivity contribution in [3.8, 4) is 0 Å². The number of morpholine rings is 1. The predicted octanol–water partition coefficient (Wildman–Crippen LogP) is 2.78. The van der Waals surface area contributed by atoms with Crippen LogP contribution in [0.25, 0.3) is 0 Å². The third-order valence-corrected chi connectivity index (χ3v) is 4.04. The highest BCUT2D eigenvalue weighted by molar-refractivity contribution is 5.26. The van der Waals surface area contributed by atoms with Gasteiger partial charge >= 0.3 is 0 Å². The summed E-state index contributed by atoms with van der Waals surface area (Å²) in [6.45, 7) is 9.02. The van der Waals surface area contributed by atoms with Gasteiger partial charge in [0, 0.05) is 19.1 Å². The smallest absolute Gasteiger partial charge is 0.106 e. The maximum atomic E-state index is 10.6. The van der Waals surface area contributed by atoms with E-state index in [4.69, 9.17) is 4.74 Å². The number of hydrogen-bond donors (Lipinski definition) is 1. The van der Waals surface area contributed by atoms with Crippen LogP contribution >= 0.6 is 0 Å². The molecule has 1 heterocycles. The van der Waals surface area contributed by atoms with Crippen molar-refractivity contribution in [3.63, 3.8) is 0 Å². The zero-order valence-corrected chi connectivity index (χ0v) is 12.9. The van der Waals surface area contributed by atoms with Crippen LogP contribution in [0.3, 0.4) is 0 Å². The van der Waals surface area contributed by atoms with Crippen molar-refractivity contribution in [2.75, 3.05) is 19.7 Å². The van der Waals surface area contributed by atoms with Crippen LogP contribution in [-0.2, 0) is 11.2 Å². The SMILES string of the molecule is CCCc1cccc(C(O)C2CN(C(C)C)CCO2)c1.